The van der Waals surface area contributed by atoms with Crippen LogP contribution in [0.2, 0.25) is 0 Å². The van der Waals surface area contributed by atoms with E-state index in [-0.39, 0.29) is 11.4 Å². The van der Waals surface area contributed by atoms with E-state index in [2.05, 4.69) is 36.2 Å². The van der Waals surface area contributed by atoms with Crippen LogP contribution in [0.25, 0.3) is 11.5 Å². The first-order valence-corrected chi connectivity index (χ1v) is 5.76. The maximum atomic E-state index is 12.8. The number of pyridine rings is 1. The SMILES string of the molecule is CC(C)(C)NCc1cnoc1-c1ccc(F)cn1. The van der Waals surface area contributed by atoms with Gasteiger partial charge in [0.2, 0.25) is 0 Å². The van der Waals surface area contributed by atoms with Gasteiger partial charge in [-0.05, 0) is 32.9 Å². The summed E-state index contributed by atoms with van der Waals surface area (Å²) in [6.07, 6.45) is 2.82. The van der Waals surface area contributed by atoms with Crippen LogP contribution in [-0.4, -0.2) is 15.7 Å². The van der Waals surface area contributed by atoms with Crippen molar-refractivity contribution in [2.24, 2.45) is 0 Å². The third-order valence-corrected chi connectivity index (χ3v) is 2.41. The molecule has 4 nitrogen and oxygen atoms in total. The maximum absolute atomic E-state index is 12.8. The molecule has 2 rings (SSSR count). The molecule has 0 atom stereocenters. The molecule has 0 unspecified atom stereocenters. The van der Waals surface area contributed by atoms with E-state index >= 15 is 0 Å². The lowest BCUT2D eigenvalue weighted by Crippen LogP contribution is -2.35. The molecule has 2 aromatic heterocycles. The lowest BCUT2D eigenvalue weighted by Gasteiger charge is -2.19. The van der Waals surface area contributed by atoms with Crippen molar-refractivity contribution in [3.63, 3.8) is 0 Å². The second-order valence-electron chi connectivity index (χ2n) is 5.15. The van der Waals surface area contributed by atoms with Crippen molar-refractivity contribution in [2.75, 3.05) is 0 Å². The minimum atomic E-state index is -0.368. The van der Waals surface area contributed by atoms with Crippen LogP contribution in [0.5, 0.6) is 0 Å². The first kappa shape index (κ1) is 12.7. The molecule has 96 valence electrons. The number of rotatable bonds is 3. The summed E-state index contributed by atoms with van der Waals surface area (Å²) < 4.78 is 18.0. The van der Waals surface area contributed by atoms with Gasteiger partial charge in [-0.2, -0.15) is 0 Å². The molecule has 1 N–H and O–H groups in total. The van der Waals surface area contributed by atoms with Crippen molar-refractivity contribution >= 4 is 0 Å². The molecule has 0 aromatic carbocycles. The number of nitrogens with one attached hydrogen (secondary N) is 1. The van der Waals surface area contributed by atoms with Crippen LogP contribution in [0, 0.1) is 5.82 Å². The van der Waals surface area contributed by atoms with Crippen molar-refractivity contribution in [3.8, 4) is 11.5 Å². The summed E-state index contributed by atoms with van der Waals surface area (Å²) in [6, 6.07) is 2.93. The fourth-order valence-electron chi connectivity index (χ4n) is 1.47. The average molecular weight is 249 g/mol. The van der Waals surface area contributed by atoms with Gasteiger partial charge in [-0.3, -0.25) is 0 Å². The Morgan fingerprint density at radius 3 is 2.67 bits per heavy atom. The van der Waals surface area contributed by atoms with Crippen molar-refractivity contribution in [2.45, 2.75) is 32.9 Å². The molecule has 0 saturated heterocycles. The number of hydrogen-bond acceptors (Lipinski definition) is 4. The van der Waals surface area contributed by atoms with E-state index in [1.807, 2.05) is 0 Å². The first-order chi connectivity index (χ1) is 8.46. The van der Waals surface area contributed by atoms with E-state index in [1.54, 1.807) is 12.3 Å². The average Bonchev–Trinajstić information content (AvgIpc) is 2.75. The summed E-state index contributed by atoms with van der Waals surface area (Å²) in [4.78, 5) is 3.99. The number of hydrogen-bond donors (Lipinski definition) is 1. The molecule has 5 heteroatoms. The molecule has 18 heavy (non-hydrogen) atoms. The predicted octanol–water partition coefficient (Wildman–Crippen LogP) is 2.76. The molecule has 0 bridgehead atoms. The smallest absolute Gasteiger partial charge is 0.189 e. The monoisotopic (exact) mass is 249 g/mol. The molecule has 2 aromatic rings. The Bertz CT molecular complexity index is 514. The molecule has 0 aliphatic carbocycles. The third kappa shape index (κ3) is 3.13. The van der Waals surface area contributed by atoms with Crippen molar-refractivity contribution in [3.05, 3.63) is 35.9 Å². The molecule has 0 radical (unpaired) electrons. The largest absolute Gasteiger partial charge is 0.354 e. The van der Waals surface area contributed by atoms with Gasteiger partial charge in [0.25, 0.3) is 0 Å². The summed E-state index contributed by atoms with van der Waals surface area (Å²) in [5.74, 6) is 0.208. The van der Waals surface area contributed by atoms with Crippen LogP contribution >= 0.6 is 0 Å². The number of halogens is 1. The van der Waals surface area contributed by atoms with Gasteiger partial charge in [0.1, 0.15) is 11.5 Å². The van der Waals surface area contributed by atoms with E-state index in [0.29, 0.717) is 18.0 Å². The Balaban J connectivity index is 2.20. The minimum Gasteiger partial charge on any atom is -0.354 e. The molecule has 0 fully saturated rings. The molecule has 0 amide bonds. The quantitative estimate of drug-likeness (QED) is 0.908. The highest BCUT2D eigenvalue weighted by atomic mass is 19.1. The molecule has 2 heterocycles. The number of aromatic nitrogens is 2. The zero-order valence-electron chi connectivity index (χ0n) is 10.7. The normalized spacial score (nSPS) is 11.8. The third-order valence-electron chi connectivity index (χ3n) is 2.41. The zero-order chi connectivity index (χ0) is 13.2. The molecular formula is C13H16FN3O. The van der Waals surface area contributed by atoms with Gasteiger partial charge < -0.3 is 9.84 Å². The summed E-state index contributed by atoms with van der Waals surface area (Å²) in [5.41, 5.74) is 1.49. The molecule has 0 spiro atoms. The van der Waals surface area contributed by atoms with Gasteiger partial charge in [-0.1, -0.05) is 5.16 Å². The van der Waals surface area contributed by atoms with E-state index < -0.39 is 0 Å². The highest BCUT2D eigenvalue weighted by Crippen LogP contribution is 2.21. The van der Waals surface area contributed by atoms with Gasteiger partial charge in [0.15, 0.2) is 5.76 Å². The Labute approximate surface area is 105 Å². The first-order valence-electron chi connectivity index (χ1n) is 5.76. The zero-order valence-corrected chi connectivity index (χ0v) is 10.7. The van der Waals surface area contributed by atoms with E-state index in [0.717, 1.165) is 5.56 Å². The summed E-state index contributed by atoms with van der Waals surface area (Å²) in [7, 11) is 0. The van der Waals surface area contributed by atoms with Crippen LogP contribution in [-0.2, 0) is 6.54 Å². The van der Waals surface area contributed by atoms with Crippen molar-refractivity contribution in [1.29, 1.82) is 0 Å². The number of nitrogens with zero attached hydrogens (tertiary/aromatic N) is 2. The van der Waals surface area contributed by atoms with Crippen LogP contribution in [0.4, 0.5) is 4.39 Å². The van der Waals surface area contributed by atoms with E-state index in [4.69, 9.17) is 4.52 Å². The predicted molar refractivity (Wildman–Crippen MR) is 66.3 cm³/mol. The second kappa shape index (κ2) is 4.86. The van der Waals surface area contributed by atoms with Crippen molar-refractivity contribution in [1.82, 2.24) is 15.5 Å². The lowest BCUT2D eigenvalue weighted by atomic mass is 10.1. The van der Waals surface area contributed by atoms with Gasteiger partial charge >= 0.3 is 0 Å². The standard InChI is InChI=1S/C13H16FN3O/c1-13(2,3)16-6-9-7-17-18-12(9)11-5-4-10(14)8-15-11/h4-5,7-8,16H,6H2,1-3H3. The van der Waals surface area contributed by atoms with Gasteiger partial charge in [-0.25, -0.2) is 9.37 Å². The topological polar surface area (TPSA) is 51.0 Å². The summed E-state index contributed by atoms with van der Waals surface area (Å²) in [5, 5.41) is 7.12. The Hall–Kier alpha value is -1.75. The highest BCUT2D eigenvalue weighted by molar-refractivity contribution is 5.55. The van der Waals surface area contributed by atoms with Gasteiger partial charge in [0.05, 0.1) is 12.4 Å². The second-order valence-corrected chi connectivity index (χ2v) is 5.15. The van der Waals surface area contributed by atoms with Gasteiger partial charge in [0, 0.05) is 17.6 Å². The fraction of sp³-hybridized carbons (Fsp3) is 0.385. The lowest BCUT2D eigenvalue weighted by molar-refractivity contribution is 0.418. The van der Waals surface area contributed by atoms with Crippen LogP contribution < -0.4 is 5.32 Å². The van der Waals surface area contributed by atoms with Gasteiger partial charge in [-0.15, -0.1) is 0 Å². The molecule has 0 aliphatic rings. The highest BCUT2D eigenvalue weighted by Gasteiger charge is 2.15. The maximum Gasteiger partial charge on any atom is 0.189 e. The Morgan fingerprint density at radius 1 is 1.28 bits per heavy atom. The Kier molecular flexibility index (Phi) is 3.43. The molecule has 0 aliphatic heterocycles. The Morgan fingerprint density at radius 2 is 2.06 bits per heavy atom. The van der Waals surface area contributed by atoms with E-state index in [9.17, 15) is 4.39 Å². The van der Waals surface area contributed by atoms with Crippen LogP contribution in [0.3, 0.4) is 0 Å². The van der Waals surface area contributed by atoms with Crippen LogP contribution in [0.1, 0.15) is 26.3 Å². The molecule has 0 saturated carbocycles. The summed E-state index contributed by atoms with van der Waals surface area (Å²) >= 11 is 0. The summed E-state index contributed by atoms with van der Waals surface area (Å²) in [6.45, 7) is 6.87. The van der Waals surface area contributed by atoms with Crippen LogP contribution in [0.15, 0.2) is 29.0 Å². The molecular weight excluding hydrogens is 233 g/mol. The van der Waals surface area contributed by atoms with Crippen molar-refractivity contribution < 1.29 is 8.91 Å². The minimum absolute atomic E-state index is 0.00473. The van der Waals surface area contributed by atoms with E-state index in [1.165, 1.54) is 12.3 Å². The fourth-order valence-corrected chi connectivity index (χ4v) is 1.47.